The molecule has 0 atom stereocenters. The molecule has 0 radical (unpaired) electrons. The summed E-state index contributed by atoms with van der Waals surface area (Å²) in [6.07, 6.45) is 1.26. The topological polar surface area (TPSA) is 67.7 Å². The van der Waals surface area contributed by atoms with E-state index in [9.17, 15) is 9.59 Å². The van der Waals surface area contributed by atoms with E-state index in [1.807, 2.05) is 73.6 Å². The van der Waals surface area contributed by atoms with Gasteiger partial charge in [0.1, 0.15) is 12.3 Å². The zero-order valence-electron chi connectivity index (χ0n) is 18.9. The van der Waals surface area contributed by atoms with E-state index in [-0.39, 0.29) is 17.9 Å². The summed E-state index contributed by atoms with van der Waals surface area (Å²) in [6, 6.07) is 22.7. The molecular weight excluding hydrogens is 416 g/mol. The summed E-state index contributed by atoms with van der Waals surface area (Å²) in [5.74, 6) is 0.577. The maximum Gasteiger partial charge on any atom is 0.249 e. The van der Waals surface area contributed by atoms with Gasteiger partial charge in [-0.15, -0.1) is 0 Å². The second-order valence-corrected chi connectivity index (χ2v) is 7.92. The third-order valence-electron chi connectivity index (χ3n) is 5.53. The third kappa shape index (κ3) is 4.87. The first kappa shape index (κ1) is 22.1. The Bertz CT molecular complexity index is 1310. The van der Waals surface area contributed by atoms with Gasteiger partial charge in [-0.25, -0.2) is 0 Å². The highest BCUT2D eigenvalue weighted by Gasteiger charge is 2.18. The molecule has 0 N–H and O–H groups in total. The van der Waals surface area contributed by atoms with E-state index in [2.05, 4.69) is 5.10 Å². The molecule has 7 nitrogen and oxygen atoms in total. The Morgan fingerprint density at radius 1 is 0.939 bits per heavy atom. The molecule has 1 amide bonds. The SMILES string of the molecule is COc1ccc(N(Cc2ccc(N(C)C)cc2)C(=O)Cn2ncc(=O)c3ccccc32)cc1. The largest absolute Gasteiger partial charge is 0.497 e. The molecule has 33 heavy (non-hydrogen) atoms. The molecule has 0 aliphatic carbocycles. The molecule has 0 bridgehead atoms. The van der Waals surface area contributed by atoms with Crippen molar-refractivity contribution >= 4 is 28.2 Å². The maximum absolute atomic E-state index is 13.5. The van der Waals surface area contributed by atoms with E-state index in [1.165, 1.54) is 6.20 Å². The number of nitrogens with zero attached hydrogens (tertiary/aromatic N) is 4. The van der Waals surface area contributed by atoms with Crippen molar-refractivity contribution in [1.29, 1.82) is 0 Å². The summed E-state index contributed by atoms with van der Waals surface area (Å²) < 4.78 is 6.84. The summed E-state index contributed by atoms with van der Waals surface area (Å²) in [5, 5.41) is 4.76. The normalized spacial score (nSPS) is 10.8. The van der Waals surface area contributed by atoms with Crippen LogP contribution in [0.1, 0.15) is 5.56 Å². The Balaban J connectivity index is 1.67. The lowest BCUT2D eigenvalue weighted by Gasteiger charge is -2.24. The van der Waals surface area contributed by atoms with E-state index in [0.29, 0.717) is 17.4 Å². The summed E-state index contributed by atoms with van der Waals surface area (Å²) in [4.78, 5) is 29.4. The zero-order valence-corrected chi connectivity index (χ0v) is 18.9. The smallest absolute Gasteiger partial charge is 0.249 e. The predicted octanol–water partition coefficient (Wildman–Crippen LogP) is 3.70. The van der Waals surface area contributed by atoms with Crippen LogP contribution in [0.15, 0.2) is 83.8 Å². The van der Waals surface area contributed by atoms with Crippen molar-refractivity contribution in [3.8, 4) is 5.75 Å². The monoisotopic (exact) mass is 442 g/mol. The third-order valence-corrected chi connectivity index (χ3v) is 5.53. The van der Waals surface area contributed by atoms with Crippen LogP contribution in [0.3, 0.4) is 0 Å². The Kier molecular flexibility index (Phi) is 6.40. The van der Waals surface area contributed by atoms with Crippen LogP contribution in [-0.4, -0.2) is 36.9 Å². The van der Waals surface area contributed by atoms with Crippen LogP contribution in [-0.2, 0) is 17.9 Å². The van der Waals surface area contributed by atoms with Gasteiger partial charge in [0, 0.05) is 30.9 Å². The van der Waals surface area contributed by atoms with Crippen LogP contribution >= 0.6 is 0 Å². The van der Waals surface area contributed by atoms with Crippen LogP contribution in [0.5, 0.6) is 5.75 Å². The van der Waals surface area contributed by atoms with Crippen LogP contribution in [0.2, 0.25) is 0 Å². The molecule has 3 aromatic carbocycles. The van der Waals surface area contributed by atoms with Crippen molar-refractivity contribution in [3.63, 3.8) is 0 Å². The number of fused-ring (bicyclic) bond motifs is 1. The molecule has 0 saturated heterocycles. The lowest BCUT2D eigenvalue weighted by molar-refractivity contribution is -0.119. The average molecular weight is 443 g/mol. The molecule has 0 aliphatic rings. The number of hydrogen-bond acceptors (Lipinski definition) is 5. The van der Waals surface area contributed by atoms with E-state index in [4.69, 9.17) is 4.74 Å². The molecule has 0 fully saturated rings. The molecule has 7 heteroatoms. The fourth-order valence-electron chi connectivity index (χ4n) is 3.67. The van der Waals surface area contributed by atoms with Crippen molar-refractivity contribution < 1.29 is 9.53 Å². The van der Waals surface area contributed by atoms with Crippen LogP contribution in [0, 0.1) is 0 Å². The van der Waals surface area contributed by atoms with Crippen LogP contribution in [0.4, 0.5) is 11.4 Å². The quantitative estimate of drug-likeness (QED) is 0.437. The highest BCUT2D eigenvalue weighted by atomic mass is 16.5. The van der Waals surface area contributed by atoms with Gasteiger partial charge in [0.25, 0.3) is 0 Å². The van der Waals surface area contributed by atoms with E-state index in [0.717, 1.165) is 22.7 Å². The number of benzene rings is 3. The highest BCUT2D eigenvalue weighted by Crippen LogP contribution is 2.23. The number of aromatic nitrogens is 2. The molecule has 0 spiro atoms. The molecule has 1 aromatic heterocycles. The van der Waals surface area contributed by atoms with Gasteiger partial charge in [0.15, 0.2) is 0 Å². The summed E-state index contributed by atoms with van der Waals surface area (Å²) >= 11 is 0. The number of anilines is 2. The predicted molar refractivity (Wildman–Crippen MR) is 131 cm³/mol. The van der Waals surface area contributed by atoms with Crippen LogP contribution in [0.25, 0.3) is 10.9 Å². The van der Waals surface area contributed by atoms with Crippen molar-refractivity contribution in [1.82, 2.24) is 9.78 Å². The fourth-order valence-corrected chi connectivity index (χ4v) is 3.67. The first-order valence-corrected chi connectivity index (χ1v) is 10.6. The first-order valence-electron chi connectivity index (χ1n) is 10.6. The molecular formula is C26H26N4O3. The van der Waals surface area contributed by atoms with Crippen molar-refractivity contribution in [3.05, 3.63) is 94.8 Å². The zero-order chi connectivity index (χ0) is 23.4. The Morgan fingerprint density at radius 3 is 2.27 bits per heavy atom. The number of hydrogen-bond donors (Lipinski definition) is 0. The number of para-hydroxylation sites is 1. The van der Waals surface area contributed by atoms with Gasteiger partial charge < -0.3 is 14.5 Å². The summed E-state index contributed by atoms with van der Waals surface area (Å²) in [6.45, 7) is 0.402. The lowest BCUT2D eigenvalue weighted by atomic mass is 10.1. The second kappa shape index (κ2) is 9.56. The van der Waals surface area contributed by atoms with Gasteiger partial charge in [-0.3, -0.25) is 14.3 Å². The maximum atomic E-state index is 13.5. The van der Waals surface area contributed by atoms with Crippen molar-refractivity contribution in [2.75, 3.05) is 31.0 Å². The number of rotatable bonds is 7. The number of methoxy groups -OCH3 is 1. The minimum atomic E-state index is -0.165. The molecule has 1 heterocycles. The standard InChI is InChI=1S/C26H26N4O3/c1-28(2)20-10-8-19(9-11-20)17-29(21-12-14-22(33-3)15-13-21)26(32)18-30-24-7-5-4-6-23(24)25(31)16-27-30/h4-16H,17-18H2,1-3H3. The fraction of sp³-hybridized carbons (Fsp3) is 0.192. The van der Waals surface area contributed by atoms with Crippen LogP contribution < -0.4 is 20.0 Å². The summed E-state index contributed by atoms with van der Waals surface area (Å²) in [7, 11) is 5.59. The Hall–Kier alpha value is -4.13. The minimum absolute atomic E-state index is 0.00258. The lowest BCUT2D eigenvalue weighted by Crippen LogP contribution is -2.34. The molecule has 0 saturated carbocycles. The number of ether oxygens (including phenoxy) is 1. The average Bonchev–Trinajstić information content (AvgIpc) is 2.85. The van der Waals surface area contributed by atoms with E-state index < -0.39 is 0 Å². The summed E-state index contributed by atoms with van der Waals surface area (Å²) in [5.41, 5.74) is 3.31. The van der Waals surface area contributed by atoms with Crippen molar-refractivity contribution in [2.45, 2.75) is 13.1 Å². The van der Waals surface area contributed by atoms with Gasteiger partial charge in [-0.05, 0) is 54.1 Å². The number of carbonyl (C=O) groups is 1. The van der Waals surface area contributed by atoms with Gasteiger partial charge in [0.05, 0.1) is 25.4 Å². The van der Waals surface area contributed by atoms with Gasteiger partial charge in [0.2, 0.25) is 11.3 Å². The Labute approximate surface area is 192 Å². The van der Waals surface area contributed by atoms with Gasteiger partial charge in [-0.1, -0.05) is 24.3 Å². The molecule has 4 rings (SSSR count). The molecule has 4 aromatic rings. The van der Waals surface area contributed by atoms with Gasteiger partial charge >= 0.3 is 0 Å². The minimum Gasteiger partial charge on any atom is -0.497 e. The van der Waals surface area contributed by atoms with E-state index in [1.54, 1.807) is 34.9 Å². The first-order chi connectivity index (χ1) is 16.0. The van der Waals surface area contributed by atoms with Crippen molar-refractivity contribution in [2.24, 2.45) is 0 Å². The molecule has 0 unspecified atom stereocenters. The molecule has 0 aliphatic heterocycles. The highest BCUT2D eigenvalue weighted by molar-refractivity contribution is 5.94. The number of carbonyl (C=O) groups excluding carboxylic acids is 1. The second-order valence-electron chi connectivity index (χ2n) is 7.92. The Morgan fingerprint density at radius 2 is 1.61 bits per heavy atom. The molecule has 168 valence electrons. The number of amides is 1. The van der Waals surface area contributed by atoms with Gasteiger partial charge in [-0.2, -0.15) is 5.10 Å². The van der Waals surface area contributed by atoms with E-state index >= 15 is 0 Å².